The smallest absolute Gasteiger partial charge is 0.259 e. The van der Waals surface area contributed by atoms with Gasteiger partial charge < -0.3 is 15.2 Å². The van der Waals surface area contributed by atoms with Crippen LogP contribution in [-0.4, -0.2) is 23.9 Å². The van der Waals surface area contributed by atoms with E-state index in [-0.39, 0.29) is 23.2 Å². The number of anilines is 2. The highest BCUT2D eigenvalue weighted by Gasteiger charge is 2.40. The Bertz CT molecular complexity index is 1270. The minimum absolute atomic E-state index is 0.00138. The molecular weight excluding hydrogens is 416 g/mol. The highest BCUT2D eigenvalue weighted by atomic mass is 16.5. The van der Waals surface area contributed by atoms with Crippen molar-refractivity contribution < 1.29 is 19.4 Å². The lowest BCUT2D eigenvalue weighted by molar-refractivity contribution is -0.116. The number of benzene rings is 3. The molecule has 0 saturated carbocycles. The standard InChI is InChI=1S/C27H24N2O4/c1-33-24-16-18(14-15-22(24)30)26-25-20(11-7-13-23(25)31)28-19-10-5-6-12-21(19)29(26)27(32)17-8-3-2-4-9-17/h2-6,8-10,12,14-16,26,28,30H,7,11,13H2,1H3. The van der Waals surface area contributed by atoms with Gasteiger partial charge in [0.2, 0.25) is 0 Å². The Hall–Kier alpha value is -4.06. The maximum Gasteiger partial charge on any atom is 0.259 e. The highest BCUT2D eigenvalue weighted by molar-refractivity contribution is 6.11. The molecule has 1 aliphatic carbocycles. The predicted molar refractivity (Wildman–Crippen MR) is 127 cm³/mol. The van der Waals surface area contributed by atoms with Gasteiger partial charge in [0.05, 0.1) is 24.5 Å². The van der Waals surface area contributed by atoms with Crippen molar-refractivity contribution in [3.63, 3.8) is 0 Å². The summed E-state index contributed by atoms with van der Waals surface area (Å²) in [6.45, 7) is 0. The number of Topliss-reactive ketones (excluding diaryl/α,β-unsaturated/α-hetero) is 1. The number of hydrogen-bond acceptors (Lipinski definition) is 5. The molecule has 33 heavy (non-hydrogen) atoms. The van der Waals surface area contributed by atoms with Crippen LogP contribution in [0.4, 0.5) is 11.4 Å². The first-order chi connectivity index (χ1) is 16.1. The van der Waals surface area contributed by atoms with Gasteiger partial charge in [0.15, 0.2) is 17.3 Å². The Morgan fingerprint density at radius 2 is 1.79 bits per heavy atom. The van der Waals surface area contributed by atoms with Gasteiger partial charge in [0.1, 0.15) is 0 Å². The third-order valence-electron chi connectivity index (χ3n) is 6.20. The number of fused-ring (bicyclic) bond motifs is 1. The van der Waals surface area contributed by atoms with Crippen molar-refractivity contribution >= 4 is 23.1 Å². The van der Waals surface area contributed by atoms with Crippen LogP contribution in [-0.2, 0) is 4.79 Å². The summed E-state index contributed by atoms with van der Waals surface area (Å²) in [7, 11) is 1.48. The molecule has 6 heteroatoms. The number of phenolic OH excluding ortho intramolecular Hbond substituents is 1. The Morgan fingerprint density at radius 1 is 1.03 bits per heavy atom. The normalized spacial score (nSPS) is 17.5. The molecule has 1 atom stereocenters. The van der Waals surface area contributed by atoms with Gasteiger partial charge in [0, 0.05) is 23.3 Å². The lowest BCUT2D eigenvalue weighted by atomic mass is 9.85. The molecular formula is C27H24N2O4. The zero-order valence-corrected chi connectivity index (χ0v) is 18.2. The van der Waals surface area contributed by atoms with Gasteiger partial charge in [-0.05, 0) is 54.8 Å². The average molecular weight is 440 g/mol. The quantitative estimate of drug-likeness (QED) is 0.584. The van der Waals surface area contributed by atoms with Crippen molar-refractivity contribution in [2.24, 2.45) is 0 Å². The lowest BCUT2D eigenvalue weighted by Gasteiger charge is -2.34. The van der Waals surface area contributed by atoms with Crippen LogP contribution in [0.3, 0.4) is 0 Å². The van der Waals surface area contributed by atoms with Crippen LogP contribution in [0.2, 0.25) is 0 Å². The fourth-order valence-corrected chi connectivity index (χ4v) is 4.66. The molecule has 1 unspecified atom stereocenters. The predicted octanol–water partition coefficient (Wildman–Crippen LogP) is 5.22. The first-order valence-corrected chi connectivity index (χ1v) is 11.0. The van der Waals surface area contributed by atoms with Crippen molar-refractivity contribution in [2.75, 3.05) is 17.3 Å². The summed E-state index contributed by atoms with van der Waals surface area (Å²) >= 11 is 0. The molecule has 6 nitrogen and oxygen atoms in total. The van der Waals surface area contributed by atoms with Crippen molar-refractivity contribution in [1.29, 1.82) is 0 Å². The molecule has 1 aliphatic heterocycles. The first-order valence-electron chi connectivity index (χ1n) is 11.0. The van der Waals surface area contributed by atoms with Gasteiger partial charge in [-0.15, -0.1) is 0 Å². The van der Waals surface area contributed by atoms with E-state index in [4.69, 9.17) is 4.74 Å². The molecule has 0 aromatic heterocycles. The number of phenols is 1. The van der Waals surface area contributed by atoms with Crippen LogP contribution in [0.5, 0.6) is 11.5 Å². The van der Waals surface area contributed by atoms with Crippen molar-refractivity contribution in [2.45, 2.75) is 25.3 Å². The zero-order valence-electron chi connectivity index (χ0n) is 18.2. The highest BCUT2D eigenvalue weighted by Crippen LogP contribution is 2.46. The Balaban J connectivity index is 1.79. The molecule has 0 saturated heterocycles. The fourth-order valence-electron chi connectivity index (χ4n) is 4.66. The molecule has 0 radical (unpaired) electrons. The number of amides is 1. The van der Waals surface area contributed by atoms with E-state index >= 15 is 0 Å². The van der Waals surface area contributed by atoms with Crippen LogP contribution >= 0.6 is 0 Å². The van der Waals surface area contributed by atoms with Crippen molar-refractivity contribution in [1.82, 2.24) is 0 Å². The van der Waals surface area contributed by atoms with Crippen LogP contribution in [0, 0.1) is 0 Å². The van der Waals surface area contributed by atoms with E-state index in [1.54, 1.807) is 29.2 Å². The van der Waals surface area contributed by atoms with Gasteiger partial charge in [0.25, 0.3) is 5.91 Å². The number of ether oxygens (including phenoxy) is 1. The molecule has 0 bridgehead atoms. The average Bonchev–Trinajstić information content (AvgIpc) is 2.99. The summed E-state index contributed by atoms with van der Waals surface area (Å²) in [6, 6.07) is 21.0. The second-order valence-electron chi connectivity index (χ2n) is 8.19. The third kappa shape index (κ3) is 3.63. The minimum atomic E-state index is -0.675. The molecule has 1 amide bonds. The number of methoxy groups -OCH3 is 1. The monoisotopic (exact) mass is 440 g/mol. The van der Waals surface area contributed by atoms with Crippen LogP contribution < -0.4 is 15.0 Å². The van der Waals surface area contributed by atoms with Gasteiger partial charge in [-0.2, -0.15) is 0 Å². The molecule has 1 heterocycles. The van der Waals surface area contributed by atoms with E-state index in [0.29, 0.717) is 35.2 Å². The SMILES string of the molecule is COc1cc(C2C3=C(CCCC3=O)Nc3ccccc3N2C(=O)c2ccccc2)ccc1O. The van der Waals surface area contributed by atoms with Gasteiger partial charge in [-0.1, -0.05) is 36.4 Å². The molecule has 3 aromatic rings. The third-order valence-corrected chi connectivity index (χ3v) is 6.20. The van der Waals surface area contributed by atoms with Gasteiger partial charge >= 0.3 is 0 Å². The summed E-state index contributed by atoms with van der Waals surface area (Å²) < 4.78 is 5.35. The van der Waals surface area contributed by atoms with E-state index < -0.39 is 6.04 Å². The number of aromatic hydroxyl groups is 1. The number of ketones is 1. The molecule has 2 N–H and O–H groups in total. The van der Waals surface area contributed by atoms with Crippen LogP contribution in [0.1, 0.15) is 41.2 Å². The minimum Gasteiger partial charge on any atom is -0.504 e. The van der Waals surface area contributed by atoms with E-state index in [1.165, 1.54) is 13.2 Å². The molecule has 2 aliphatic rings. The molecule has 0 spiro atoms. The Morgan fingerprint density at radius 3 is 2.58 bits per heavy atom. The Kier molecular flexibility index (Phi) is 5.34. The largest absolute Gasteiger partial charge is 0.504 e. The summed E-state index contributed by atoms with van der Waals surface area (Å²) in [5.74, 6) is 0.0856. The van der Waals surface area contributed by atoms with Crippen LogP contribution in [0.25, 0.3) is 0 Å². The van der Waals surface area contributed by atoms with E-state index in [1.807, 2.05) is 42.5 Å². The van der Waals surface area contributed by atoms with E-state index in [9.17, 15) is 14.7 Å². The molecule has 0 fully saturated rings. The second kappa shape index (κ2) is 8.47. The summed E-state index contributed by atoms with van der Waals surface area (Å²) in [4.78, 5) is 29.0. The number of allylic oxidation sites excluding steroid dienone is 1. The molecule has 3 aromatic carbocycles. The topological polar surface area (TPSA) is 78.9 Å². The lowest BCUT2D eigenvalue weighted by Crippen LogP contribution is -2.38. The van der Waals surface area contributed by atoms with Crippen molar-refractivity contribution in [3.05, 3.63) is 95.2 Å². The number of carbonyl (C=O) groups excluding carboxylic acids is 2. The summed E-state index contributed by atoms with van der Waals surface area (Å²) in [5, 5.41) is 13.6. The van der Waals surface area contributed by atoms with E-state index in [2.05, 4.69) is 5.32 Å². The number of para-hydroxylation sites is 2. The van der Waals surface area contributed by atoms with Crippen molar-refractivity contribution in [3.8, 4) is 11.5 Å². The number of carbonyl (C=O) groups is 2. The van der Waals surface area contributed by atoms with Gasteiger partial charge in [-0.25, -0.2) is 0 Å². The maximum atomic E-state index is 14.0. The summed E-state index contributed by atoms with van der Waals surface area (Å²) in [6.07, 6.45) is 1.90. The zero-order chi connectivity index (χ0) is 22.9. The number of nitrogens with zero attached hydrogens (tertiary/aromatic N) is 1. The number of hydrogen-bond donors (Lipinski definition) is 2. The second-order valence-corrected chi connectivity index (χ2v) is 8.19. The molecule has 166 valence electrons. The van der Waals surface area contributed by atoms with E-state index in [0.717, 1.165) is 17.8 Å². The first kappa shape index (κ1) is 20.8. The Labute approximate surface area is 192 Å². The number of nitrogens with one attached hydrogen (secondary N) is 1. The maximum absolute atomic E-state index is 14.0. The molecule has 5 rings (SSSR count). The van der Waals surface area contributed by atoms with Gasteiger partial charge in [-0.3, -0.25) is 14.5 Å². The van der Waals surface area contributed by atoms with Crippen LogP contribution in [0.15, 0.2) is 84.1 Å². The fraction of sp³-hybridized carbons (Fsp3) is 0.185. The number of rotatable bonds is 3. The summed E-state index contributed by atoms with van der Waals surface area (Å²) in [5.41, 5.74) is 4.09.